The minimum Gasteiger partial charge on any atom is -0.481 e. The van der Waals surface area contributed by atoms with Gasteiger partial charge in [0, 0.05) is 25.9 Å². The zero-order valence-electron chi connectivity index (χ0n) is 10.4. The normalized spacial score (nSPS) is 12.8. The average molecular weight is 236 g/mol. The lowest BCUT2D eigenvalue weighted by Crippen LogP contribution is -2.03. The lowest BCUT2D eigenvalue weighted by molar-refractivity contribution is 0.213. The van der Waals surface area contributed by atoms with E-state index in [4.69, 9.17) is 4.74 Å². The van der Waals surface area contributed by atoms with Crippen LogP contribution in [0, 0.1) is 6.92 Å². The van der Waals surface area contributed by atoms with Crippen molar-refractivity contribution in [3.63, 3.8) is 0 Å². The molecular weight excluding hydrogens is 220 g/mol. The van der Waals surface area contributed by atoms with Crippen molar-refractivity contribution in [2.75, 3.05) is 7.11 Å². The molecule has 0 fully saturated rings. The average Bonchev–Trinajstić information content (AvgIpc) is 2.81. The van der Waals surface area contributed by atoms with Gasteiger partial charge in [0.05, 0.1) is 24.6 Å². The number of hydrogen-bond donors (Lipinski definition) is 1. The highest BCUT2D eigenvalue weighted by molar-refractivity contribution is 5.38. The molecule has 1 unspecified atom stereocenters. The molecule has 0 spiro atoms. The van der Waals surface area contributed by atoms with Gasteiger partial charge in [0.15, 0.2) is 0 Å². The summed E-state index contributed by atoms with van der Waals surface area (Å²) in [7, 11) is 5.16. The Balaban J connectivity index is 2.46. The summed E-state index contributed by atoms with van der Waals surface area (Å²) in [6, 6.07) is 0. The molecule has 0 aliphatic rings. The molecular formula is C11H16N4O2. The van der Waals surface area contributed by atoms with E-state index in [1.165, 1.54) is 0 Å². The highest BCUT2D eigenvalue weighted by Gasteiger charge is 2.23. The Kier molecular flexibility index (Phi) is 2.89. The molecule has 2 aromatic rings. The molecule has 6 heteroatoms. The zero-order chi connectivity index (χ0) is 12.6. The predicted octanol–water partition coefficient (Wildman–Crippen LogP) is 0.552. The number of rotatable bonds is 3. The number of ether oxygens (including phenoxy) is 1. The quantitative estimate of drug-likeness (QED) is 0.845. The molecule has 0 aromatic carbocycles. The highest BCUT2D eigenvalue weighted by atomic mass is 16.5. The van der Waals surface area contributed by atoms with Gasteiger partial charge in [-0.15, -0.1) is 0 Å². The van der Waals surface area contributed by atoms with Gasteiger partial charge in [-0.1, -0.05) is 0 Å². The van der Waals surface area contributed by atoms with Gasteiger partial charge in [-0.2, -0.15) is 10.2 Å². The minimum atomic E-state index is -0.771. The maximum Gasteiger partial charge on any atom is 0.217 e. The molecule has 0 saturated heterocycles. The molecule has 2 heterocycles. The molecule has 2 aromatic heterocycles. The minimum absolute atomic E-state index is 0.568. The van der Waals surface area contributed by atoms with Crippen LogP contribution in [0.1, 0.15) is 22.9 Å². The van der Waals surface area contributed by atoms with Crippen LogP contribution in [0.2, 0.25) is 0 Å². The van der Waals surface area contributed by atoms with E-state index in [1.54, 1.807) is 35.9 Å². The highest BCUT2D eigenvalue weighted by Crippen LogP contribution is 2.31. The van der Waals surface area contributed by atoms with E-state index in [0.29, 0.717) is 11.4 Å². The van der Waals surface area contributed by atoms with E-state index < -0.39 is 6.10 Å². The van der Waals surface area contributed by atoms with Gasteiger partial charge in [-0.3, -0.25) is 4.68 Å². The first-order chi connectivity index (χ1) is 8.04. The van der Waals surface area contributed by atoms with Crippen LogP contribution in [0.5, 0.6) is 5.88 Å². The lowest BCUT2D eigenvalue weighted by atomic mass is 10.1. The summed E-state index contributed by atoms with van der Waals surface area (Å²) in [5.41, 5.74) is 2.16. The van der Waals surface area contributed by atoms with Crippen molar-refractivity contribution in [1.29, 1.82) is 0 Å². The number of nitrogens with zero attached hydrogens (tertiary/aromatic N) is 4. The Morgan fingerprint density at radius 1 is 1.41 bits per heavy atom. The molecule has 0 aliphatic heterocycles. The molecule has 17 heavy (non-hydrogen) atoms. The van der Waals surface area contributed by atoms with E-state index in [0.717, 1.165) is 11.3 Å². The second kappa shape index (κ2) is 4.21. The van der Waals surface area contributed by atoms with Gasteiger partial charge in [0.25, 0.3) is 0 Å². The monoisotopic (exact) mass is 236 g/mol. The molecule has 1 atom stereocenters. The third-order valence-electron chi connectivity index (χ3n) is 2.72. The molecule has 0 aliphatic carbocycles. The number of aliphatic hydroxyl groups excluding tert-OH is 1. The summed E-state index contributed by atoms with van der Waals surface area (Å²) in [6.45, 7) is 1.84. The van der Waals surface area contributed by atoms with Gasteiger partial charge in [0.1, 0.15) is 6.10 Å². The van der Waals surface area contributed by atoms with E-state index in [9.17, 15) is 5.11 Å². The summed E-state index contributed by atoms with van der Waals surface area (Å²) in [6.07, 6.45) is 2.64. The topological polar surface area (TPSA) is 65.1 Å². The fourth-order valence-corrected chi connectivity index (χ4v) is 1.96. The summed E-state index contributed by atoms with van der Waals surface area (Å²) < 4.78 is 8.52. The van der Waals surface area contributed by atoms with Crippen LogP contribution in [-0.2, 0) is 14.1 Å². The van der Waals surface area contributed by atoms with Gasteiger partial charge in [-0.25, -0.2) is 4.68 Å². The second-order valence-corrected chi connectivity index (χ2v) is 3.98. The van der Waals surface area contributed by atoms with Crippen molar-refractivity contribution >= 4 is 0 Å². The first-order valence-electron chi connectivity index (χ1n) is 5.28. The summed E-state index contributed by atoms with van der Waals surface area (Å²) in [5, 5.41) is 18.6. The molecule has 6 nitrogen and oxygen atoms in total. The molecule has 0 radical (unpaired) electrons. The number of aliphatic hydroxyl groups is 1. The number of methoxy groups -OCH3 is 1. The maximum absolute atomic E-state index is 10.3. The van der Waals surface area contributed by atoms with Crippen LogP contribution in [-0.4, -0.2) is 31.8 Å². The smallest absolute Gasteiger partial charge is 0.217 e. The van der Waals surface area contributed by atoms with Crippen molar-refractivity contribution in [2.45, 2.75) is 13.0 Å². The van der Waals surface area contributed by atoms with Gasteiger partial charge >= 0.3 is 0 Å². The predicted molar refractivity (Wildman–Crippen MR) is 61.8 cm³/mol. The molecule has 0 bridgehead atoms. The third kappa shape index (κ3) is 1.91. The van der Waals surface area contributed by atoms with Crippen LogP contribution in [0.15, 0.2) is 12.4 Å². The fraction of sp³-hybridized carbons (Fsp3) is 0.455. The van der Waals surface area contributed by atoms with Crippen LogP contribution in [0.25, 0.3) is 0 Å². The van der Waals surface area contributed by atoms with Crippen LogP contribution < -0.4 is 4.74 Å². The Hall–Kier alpha value is -1.82. The van der Waals surface area contributed by atoms with Crippen molar-refractivity contribution < 1.29 is 9.84 Å². The van der Waals surface area contributed by atoms with E-state index in [2.05, 4.69) is 10.2 Å². The SMILES string of the molecule is COc1c(C(O)c2cnn(C)c2)c(C)nn1C. The van der Waals surface area contributed by atoms with Crippen molar-refractivity contribution in [2.24, 2.45) is 14.1 Å². The van der Waals surface area contributed by atoms with E-state index in [1.807, 2.05) is 14.0 Å². The van der Waals surface area contributed by atoms with E-state index >= 15 is 0 Å². The van der Waals surface area contributed by atoms with Gasteiger partial charge in [-0.05, 0) is 6.92 Å². The first kappa shape index (κ1) is 11.7. The molecule has 2 rings (SSSR count). The summed E-state index contributed by atoms with van der Waals surface area (Å²) >= 11 is 0. The van der Waals surface area contributed by atoms with Crippen LogP contribution in [0.4, 0.5) is 0 Å². The summed E-state index contributed by atoms with van der Waals surface area (Å²) in [4.78, 5) is 0. The Morgan fingerprint density at radius 2 is 2.12 bits per heavy atom. The third-order valence-corrected chi connectivity index (χ3v) is 2.72. The molecule has 0 amide bonds. The number of hydrogen-bond acceptors (Lipinski definition) is 4. The van der Waals surface area contributed by atoms with Crippen molar-refractivity contribution in [3.05, 3.63) is 29.2 Å². The molecule has 1 N–H and O–H groups in total. The van der Waals surface area contributed by atoms with Crippen LogP contribution in [0.3, 0.4) is 0 Å². The fourth-order valence-electron chi connectivity index (χ4n) is 1.96. The summed E-state index contributed by atoms with van der Waals surface area (Å²) in [5.74, 6) is 0.568. The molecule has 92 valence electrons. The van der Waals surface area contributed by atoms with Crippen molar-refractivity contribution in [1.82, 2.24) is 19.6 Å². The first-order valence-corrected chi connectivity index (χ1v) is 5.28. The Labute approximate surface area is 99.4 Å². The maximum atomic E-state index is 10.3. The van der Waals surface area contributed by atoms with E-state index in [-0.39, 0.29) is 0 Å². The number of aryl methyl sites for hydroxylation is 3. The van der Waals surface area contributed by atoms with Gasteiger partial charge in [0.2, 0.25) is 5.88 Å². The molecule has 0 saturated carbocycles. The largest absolute Gasteiger partial charge is 0.481 e. The lowest BCUT2D eigenvalue weighted by Gasteiger charge is -2.10. The van der Waals surface area contributed by atoms with Gasteiger partial charge < -0.3 is 9.84 Å². The van der Waals surface area contributed by atoms with Crippen LogP contribution >= 0.6 is 0 Å². The zero-order valence-corrected chi connectivity index (χ0v) is 10.4. The standard InChI is InChI=1S/C11H16N4O2/c1-7-9(11(17-4)15(3)13-7)10(16)8-5-12-14(2)6-8/h5-6,10,16H,1-4H3. The second-order valence-electron chi connectivity index (χ2n) is 3.98. The Bertz CT molecular complexity index is 530. The van der Waals surface area contributed by atoms with Crippen molar-refractivity contribution in [3.8, 4) is 5.88 Å². The Morgan fingerprint density at radius 3 is 2.65 bits per heavy atom. The number of aromatic nitrogens is 4.